The van der Waals surface area contributed by atoms with Crippen LogP contribution >= 0.6 is 0 Å². The molecule has 0 amide bonds. The van der Waals surface area contributed by atoms with E-state index in [2.05, 4.69) is 85.0 Å². The number of benzene rings is 6. The van der Waals surface area contributed by atoms with Crippen LogP contribution in [0.25, 0.3) is 99.7 Å². The predicted octanol–water partition coefficient (Wildman–Crippen LogP) is 12.2. The highest BCUT2D eigenvalue weighted by atomic mass is 16.3. The molecule has 4 aromatic heterocycles. The average Bonchev–Trinajstić information content (AvgIpc) is 3.88. The molecule has 11 rings (SSSR count). The third-order valence-corrected chi connectivity index (χ3v) is 10.0. The number of para-hydroxylation sites is 2. The average molecular weight is 658 g/mol. The zero-order valence-corrected chi connectivity index (χ0v) is 27.2. The molecule has 51 heavy (non-hydrogen) atoms. The van der Waals surface area contributed by atoms with Gasteiger partial charge in [0.2, 0.25) is 0 Å². The second kappa shape index (κ2) is 10.9. The molecule has 0 bridgehead atoms. The lowest BCUT2D eigenvalue weighted by molar-refractivity contribution is 0.668. The molecule has 0 N–H and O–H groups in total. The third kappa shape index (κ3) is 4.40. The summed E-state index contributed by atoms with van der Waals surface area (Å²) in [5.41, 5.74) is 9.00. The number of rotatable bonds is 4. The van der Waals surface area contributed by atoms with Gasteiger partial charge in [-0.2, -0.15) is 0 Å². The van der Waals surface area contributed by atoms with E-state index in [1.54, 1.807) is 0 Å². The second-order valence-electron chi connectivity index (χ2n) is 13.1. The maximum absolute atomic E-state index is 6.47. The lowest BCUT2D eigenvalue weighted by Gasteiger charge is -2.14. The fourth-order valence-electron chi connectivity index (χ4n) is 7.64. The number of allylic oxidation sites excluding steroid dienone is 4. The van der Waals surface area contributed by atoms with Crippen molar-refractivity contribution in [1.82, 2.24) is 15.0 Å². The highest BCUT2D eigenvalue weighted by molar-refractivity contribution is 6.16. The standard InChI is InChI=1S/C45H27N3O3/c1-2-10-26(11-3-1)43-46-44(28-21-23-37-33(25-28)30-12-4-6-16-35(30)49-37)48-45(47-43)32-15-9-19-40-42(32)34-24-27(20-22-38(34)51-40)29-14-8-18-39-41(29)31-13-5-7-17-36(31)50-39/h1-10,12-26H,11H2. The molecule has 1 aliphatic rings. The Bertz CT molecular complexity index is 3090. The molecule has 0 radical (unpaired) electrons. The van der Waals surface area contributed by atoms with Crippen molar-refractivity contribution in [3.63, 3.8) is 0 Å². The summed E-state index contributed by atoms with van der Waals surface area (Å²) in [7, 11) is 0. The summed E-state index contributed by atoms with van der Waals surface area (Å²) in [5.74, 6) is 1.99. The molecule has 6 nitrogen and oxygen atoms in total. The van der Waals surface area contributed by atoms with Crippen molar-refractivity contribution >= 4 is 65.8 Å². The van der Waals surface area contributed by atoms with E-state index in [1.165, 1.54) is 0 Å². The van der Waals surface area contributed by atoms with E-state index in [-0.39, 0.29) is 5.92 Å². The zero-order chi connectivity index (χ0) is 33.5. The minimum Gasteiger partial charge on any atom is -0.456 e. The van der Waals surface area contributed by atoms with Gasteiger partial charge in [0.1, 0.15) is 39.3 Å². The smallest absolute Gasteiger partial charge is 0.164 e. The number of hydrogen-bond acceptors (Lipinski definition) is 6. The van der Waals surface area contributed by atoms with Gasteiger partial charge in [-0.1, -0.05) is 91.0 Å². The molecule has 240 valence electrons. The summed E-state index contributed by atoms with van der Waals surface area (Å²) in [6.07, 6.45) is 9.28. The van der Waals surface area contributed by atoms with Gasteiger partial charge in [0, 0.05) is 49.4 Å². The first kappa shape index (κ1) is 28.1. The van der Waals surface area contributed by atoms with Gasteiger partial charge in [0.25, 0.3) is 0 Å². The number of hydrogen-bond donors (Lipinski definition) is 0. The van der Waals surface area contributed by atoms with Crippen LogP contribution in [0.4, 0.5) is 0 Å². The van der Waals surface area contributed by atoms with Crippen LogP contribution in [0, 0.1) is 0 Å². The summed E-state index contributed by atoms with van der Waals surface area (Å²) in [5, 5.41) is 6.26. The predicted molar refractivity (Wildman–Crippen MR) is 204 cm³/mol. The molecular formula is C45H27N3O3. The lowest BCUT2D eigenvalue weighted by atomic mass is 9.97. The first-order valence-electron chi connectivity index (χ1n) is 17.1. The molecule has 6 heteroatoms. The summed E-state index contributed by atoms with van der Waals surface area (Å²) < 4.78 is 18.8. The van der Waals surface area contributed by atoms with Crippen LogP contribution in [0.2, 0.25) is 0 Å². The maximum atomic E-state index is 6.47. The molecule has 1 atom stereocenters. The quantitative estimate of drug-likeness (QED) is 0.187. The molecular weight excluding hydrogens is 631 g/mol. The second-order valence-corrected chi connectivity index (χ2v) is 13.1. The molecule has 1 unspecified atom stereocenters. The van der Waals surface area contributed by atoms with E-state index in [0.29, 0.717) is 11.6 Å². The van der Waals surface area contributed by atoms with E-state index < -0.39 is 0 Å². The number of fused-ring (bicyclic) bond motifs is 9. The SMILES string of the molecule is C1=CCC(c2nc(-c3ccc4oc5ccccc5c4c3)nc(-c3cccc4oc5ccc(-c6cccc7oc8ccccc8c67)cc5c34)n2)C=C1. The minimum absolute atomic E-state index is 0.0335. The van der Waals surface area contributed by atoms with Crippen molar-refractivity contribution in [3.8, 4) is 33.9 Å². The van der Waals surface area contributed by atoms with Crippen molar-refractivity contribution in [2.75, 3.05) is 0 Å². The van der Waals surface area contributed by atoms with Gasteiger partial charge in [0.05, 0.1) is 0 Å². The Morgan fingerprint density at radius 3 is 1.86 bits per heavy atom. The number of nitrogens with zero attached hydrogens (tertiary/aromatic N) is 3. The van der Waals surface area contributed by atoms with Crippen molar-refractivity contribution in [3.05, 3.63) is 151 Å². The Morgan fingerprint density at radius 1 is 0.451 bits per heavy atom. The van der Waals surface area contributed by atoms with Crippen LogP contribution in [-0.4, -0.2) is 15.0 Å². The van der Waals surface area contributed by atoms with Gasteiger partial charge in [-0.05, 0) is 72.1 Å². The Morgan fingerprint density at radius 2 is 1.06 bits per heavy atom. The molecule has 0 saturated carbocycles. The molecule has 6 aromatic carbocycles. The van der Waals surface area contributed by atoms with E-state index in [0.717, 1.165) is 100 Å². The van der Waals surface area contributed by atoms with Crippen LogP contribution in [0.15, 0.2) is 159 Å². The van der Waals surface area contributed by atoms with Crippen LogP contribution in [-0.2, 0) is 0 Å². The van der Waals surface area contributed by atoms with Gasteiger partial charge in [-0.3, -0.25) is 0 Å². The first-order chi connectivity index (χ1) is 25.2. The van der Waals surface area contributed by atoms with Crippen molar-refractivity contribution < 1.29 is 13.3 Å². The van der Waals surface area contributed by atoms with Gasteiger partial charge >= 0.3 is 0 Å². The van der Waals surface area contributed by atoms with Gasteiger partial charge in [0.15, 0.2) is 11.6 Å². The molecule has 4 heterocycles. The van der Waals surface area contributed by atoms with E-state index in [4.69, 9.17) is 28.2 Å². The zero-order valence-electron chi connectivity index (χ0n) is 27.2. The Labute approximate surface area is 291 Å². The Balaban J connectivity index is 1.13. The Hall–Kier alpha value is -6.79. The van der Waals surface area contributed by atoms with Gasteiger partial charge in [-0.25, -0.2) is 15.0 Å². The van der Waals surface area contributed by atoms with Crippen LogP contribution in [0.3, 0.4) is 0 Å². The highest BCUT2D eigenvalue weighted by Crippen LogP contribution is 2.42. The first-order valence-corrected chi connectivity index (χ1v) is 17.1. The molecule has 0 fully saturated rings. The monoisotopic (exact) mass is 657 g/mol. The van der Waals surface area contributed by atoms with Crippen LogP contribution < -0.4 is 0 Å². The third-order valence-electron chi connectivity index (χ3n) is 10.0. The summed E-state index contributed by atoms with van der Waals surface area (Å²) >= 11 is 0. The minimum atomic E-state index is 0.0335. The summed E-state index contributed by atoms with van der Waals surface area (Å²) in [4.78, 5) is 15.4. The lowest BCUT2D eigenvalue weighted by Crippen LogP contribution is -2.08. The van der Waals surface area contributed by atoms with Crippen molar-refractivity contribution in [2.24, 2.45) is 0 Å². The number of aromatic nitrogens is 3. The molecule has 0 spiro atoms. The Kier molecular flexibility index (Phi) is 5.98. The van der Waals surface area contributed by atoms with Crippen molar-refractivity contribution in [2.45, 2.75) is 12.3 Å². The molecule has 0 saturated heterocycles. The molecule has 10 aromatic rings. The highest BCUT2D eigenvalue weighted by Gasteiger charge is 2.22. The molecule has 1 aliphatic carbocycles. The van der Waals surface area contributed by atoms with Crippen LogP contribution in [0.1, 0.15) is 18.2 Å². The largest absolute Gasteiger partial charge is 0.456 e. The van der Waals surface area contributed by atoms with E-state index in [9.17, 15) is 0 Å². The van der Waals surface area contributed by atoms with Crippen LogP contribution in [0.5, 0.6) is 0 Å². The topological polar surface area (TPSA) is 78.1 Å². The summed E-state index contributed by atoms with van der Waals surface area (Å²) in [6, 6.07) is 41.2. The fraction of sp³-hybridized carbons (Fsp3) is 0.0444. The molecule has 0 aliphatic heterocycles. The van der Waals surface area contributed by atoms with Crippen molar-refractivity contribution in [1.29, 1.82) is 0 Å². The van der Waals surface area contributed by atoms with Gasteiger partial charge in [-0.15, -0.1) is 0 Å². The normalized spacial score (nSPS) is 14.6. The van der Waals surface area contributed by atoms with E-state index >= 15 is 0 Å². The van der Waals surface area contributed by atoms with Gasteiger partial charge < -0.3 is 13.3 Å². The maximum Gasteiger partial charge on any atom is 0.164 e. The number of furan rings is 3. The fourth-order valence-corrected chi connectivity index (χ4v) is 7.64. The summed E-state index contributed by atoms with van der Waals surface area (Å²) in [6.45, 7) is 0. The van der Waals surface area contributed by atoms with E-state index in [1.807, 2.05) is 60.7 Å².